The molecule has 3 aliphatic rings. The standard InChI is InChI=1S/C38H32F2N6O3S/c1-19-44-45-37(49-19)30-27(13-9-20-6-3-4-7-24(20)39)42-33-28-8-5-17-46(28)38(47)32(33)31(30)29-18-21-15-16-41-36(35(21)50-29)43-26-14-11-23-22(26)10-12-25(40)34(23)48-2/h3-4,6-7,10,12,15-16,18,26,28H,5,8-9,11,13-14,17H2,1-2H3,(H,41,43)/t26-,28-/m0/s1. The van der Waals surface area contributed by atoms with Gasteiger partial charge in [0.1, 0.15) is 11.6 Å². The number of anilines is 1. The van der Waals surface area contributed by atoms with Gasteiger partial charge in [-0.2, -0.15) is 0 Å². The number of carbonyl (C=O) groups excluding carboxylic acids is 1. The minimum atomic E-state index is -0.365. The van der Waals surface area contributed by atoms with Gasteiger partial charge in [-0.05, 0) is 79.3 Å². The van der Waals surface area contributed by atoms with Crippen molar-refractivity contribution in [3.05, 3.63) is 106 Å². The summed E-state index contributed by atoms with van der Waals surface area (Å²) in [6.07, 6.45) is 5.77. The number of nitrogens with one attached hydrogen (secondary N) is 1. The van der Waals surface area contributed by atoms with Gasteiger partial charge < -0.3 is 19.4 Å². The van der Waals surface area contributed by atoms with Crippen LogP contribution in [0.4, 0.5) is 14.6 Å². The smallest absolute Gasteiger partial charge is 0.257 e. The van der Waals surface area contributed by atoms with E-state index in [-0.39, 0.29) is 35.5 Å². The van der Waals surface area contributed by atoms with Crippen molar-refractivity contribution in [1.29, 1.82) is 0 Å². The highest BCUT2D eigenvalue weighted by molar-refractivity contribution is 7.23. The first-order valence-corrected chi connectivity index (χ1v) is 17.6. The molecule has 0 saturated carbocycles. The van der Waals surface area contributed by atoms with Crippen molar-refractivity contribution >= 4 is 33.1 Å². The van der Waals surface area contributed by atoms with Gasteiger partial charge in [0.25, 0.3) is 5.91 Å². The number of rotatable bonds is 8. The van der Waals surface area contributed by atoms with Crippen molar-refractivity contribution in [3.63, 3.8) is 0 Å². The molecule has 2 atom stereocenters. The Kier molecular flexibility index (Phi) is 7.38. The SMILES string of the molecule is COc1c(F)ccc2c1CC[C@@H]2Nc1nccc2cc(-c3c4c(nc(CCc5ccccc5F)c3-c3nnc(C)o3)[C@@H]3CCCN3C4=O)sc12. The number of thiophene rings is 1. The number of hydrogen-bond donors (Lipinski definition) is 1. The molecular weight excluding hydrogens is 659 g/mol. The second-order valence-electron chi connectivity index (χ2n) is 13.0. The quantitative estimate of drug-likeness (QED) is 0.171. The molecule has 1 aliphatic carbocycles. The fraction of sp³-hybridized carbons (Fsp3) is 0.289. The maximum absolute atomic E-state index is 14.8. The van der Waals surface area contributed by atoms with Crippen LogP contribution in [0.2, 0.25) is 0 Å². The molecule has 1 saturated heterocycles. The molecule has 2 aliphatic heterocycles. The van der Waals surface area contributed by atoms with Crippen molar-refractivity contribution in [3.8, 4) is 27.6 Å². The Hall–Kier alpha value is -5.23. The number of nitrogens with zero attached hydrogens (tertiary/aromatic N) is 5. The van der Waals surface area contributed by atoms with E-state index < -0.39 is 0 Å². The van der Waals surface area contributed by atoms with Crippen LogP contribution in [0.5, 0.6) is 5.75 Å². The molecule has 6 aromatic rings. The molecule has 0 radical (unpaired) electrons. The Balaban J connectivity index is 1.20. The molecule has 6 heterocycles. The van der Waals surface area contributed by atoms with Crippen LogP contribution in [0.1, 0.15) is 75.7 Å². The monoisotopic (exact) mass is 690 g/mol. The van der Waals surface area contributed by atoms with Crippen molar-refractivity contribution in [2.24, 2.45) is 0 Å². The maximum atomic E-state index is 14.8. The van der Waals surface area contributed by atoms with E-state index in [1.165, 1.54) is 30.6 Å². The molecule has 0 unspecified atom stereocenters. The summed E-state index contributed by atoms with van der Waals surface area (Å²) in [6, 6.07) is 13.9. The first kappa shape index (κ1) is 30.8. The third-order valence-corrected chi connectivity index (χ3v) is 11.3. The fourth-order valence-electron chi connectivity index (χ4n) is 7.93. The van der Waals surface area contributed by atoms with E-state index in [1.807, 2.05) is 23.1 Å². The summed E-state index contributed by atoms with van der Waals surface area (Å²) >= 11 is 1.53. The number of ether oxygens (including phenoxy) is 1. The number of carbonyl (C=O) groups is 1. The van der Waals surface area contributed by atoms with Gasteiger partial charge in [0.2, 0.25) is 11.8 Å². The van der Waals surface area contributed by atoms with Gasteiger partial charge in [0, 0.05) is 35.7 Å². The third kappa shape index (κ3) is 4.87. The largest absolute Gasteiger partial charge is 0.493 e. The van der Waals surface area contributed by atoms with Crippen LogP contribution in [0, 0.1) is 18.6 Å². The summed E-state index contributed by atoms with van der Waals surface area (Å²) in [6.45, 7) is 2.40. The summed E-state index contributed by atoms with van der Waals surface area (Å²) in [5, 5.41) is 13.2. The van der Waals surface area contributed by atoms with Crippen molar-refractivity contribution in [1.82, 2.24) is 25.1 Å². The number of benzene rings is 2. The van der Waals surface area contributed by atoms with E-state index in [1.54, 1.807) is 25.3 Å². The zero-order chi connectivity index (χ0) is 34.1. The number of pyridine rings is 2. The lowest BCUT2D eigenvalue weighted by Gasteiger charge is -2.16. The number of amides is 1. The zero-order valence-corrected chi connectivity index (χ0v) is 28.2. The minimum Gasteiger partial charge on any atom is -0.493 e. The summed E-state index contributed by atoms with van der Waals surface area (Å²) < 4.78 is 41.7. The topological polar surface area (TPSA) is 106 Å². The molecule has 9 nitrogen and oxygen atoms in total. The molecule has 252 valence electrons. The van der Waals surface area contributed by atoms with Gasteiger partial charge >= 0.3 is 0 Å². The molecule has 4 aromatic heterocycles. The Bertz CT molecular complexity index is 2340. The van der Waals surface area contributed by atoms with E-state index >= 15 is 0 Å². The minimum absolute atomic E-state index is 0.0548. The van der Waals surface area contributed by atoms with Crippen LogP contribution in [0.15, 0.2) is 59.1 Å². The van der Waals surface area contributed by atoms with Crippen LogP contribution in [-0.2, 0) is 19.3 Å². The van der Waals surface area contributed by atoms with Gasteiger partial charge in [0.05, 0.1) is 46.4 Å². The Labute approximate surface area is 290 Å². The Morgan fingerprint density at radius 2 is 1.92 bits per heavy atom. The summed E-state index contributed by atoms with van der Waals surface area (Å²) in [4.78, 5) is 26.9. The van der Waals surface area contributed by atoms with Gasteiger partial charge in [-0.25, -0.2) is 13.8 Å². The second-order valence-corrected chi connectivity index (χ2v) is 14.1. The molecular formula is C38H32F2N6O3S. The predicted octanol–water partition coefficient (Wildman–Crippen LogP) is 8.18. The van der Waals surface area contributed by atoms with Crippen LogP contribution < -0.4 is 10.1 Å². The molecule has 9 rings (SSSR count). The normalized spacial score (nSPS) is 17.8. The Morgan fingerprint density at radius 3 is 2.74 bits per heavy atom. The maximum Gasteiger partial charge on any atom is 0.257 e. The lowest BCUT2D eigenvalue weighted by molar-refractivity contribution is 0.0776. The summed E-state index contributed by atoms with van der Waals surface area (Å²) in [5.41, 5.74) is 5.75. The highest BCUT2D eigenvalue weighted by atomic mass is 32.1. The molecule has 0 bridgehead atoms. The van der Waals surface area contributed by atoms with Crippen molar-refractivity contribution in [2.75, 3.05) is 19.0 Å². The molecule has 2 aromatic carbocycles. The molecule has 12 heteroatoms. The van der Waals surface area contributed by atoms with E-state index in [9.17, 15) is 13.6 Å². The fourth-order valence-corrected chi connectivity index (χ4v) is 9.09. The van der Waals surface area contributed by atoms with Crippen molar-refractivity contribution < 1.29 is 22.7 Å². The molecule has 0 spiro atoms. The van der Waals surface area contributed by atoms with Crippen LogP contribution in [0.25, 0.3) is 32.0 Å². The number of aryl methyl sites for hydroxylation is 3. The van der Waals surface area contributed by atoms with E-state index in [0.717, 1.165) is 51.0 Å². The average molecular weight is 691 g/mol. The van der Waals surface area contributed by atoms with Crippen LogP contribution in [0.3, 0.4) is 0 Å². The van der Waals surface area contributed by atoms with E-state index in [4.69, 9.17) is 19.1 Å². The zero-order valence-electron chi connectivity index (χ0n) is 27.4. The van der Waals surface area contributed by atoms with E-state index in [0.29, 0.717) is 71.2 Å². The molecule has 1 fully saturated rings. The number of fused-ring (bicyclic) bond motifs is 5. The number of methoxy groups -OCH3 is 1. The highest BCUT2D eigenvalue weighted by Crippen LogP contribution is 2.51. The van der Waals surface area contributed by atoms with Gasteiger partial charge in [-0.1, -0.05) is 24.3 Å². The predicted molar refractivity (Wildman–Crippen MR) is 185 cm³/mol. The first-order valence-electron chi connectivity index (χ1n) is 16.8. The lowest BCUT2D eigenvalue weighted by atomic mass is 9.93. The molecule has 50 heavy (non-hydrogen) atoms. The van der Waals surface area contributed by atoms with E-state index in [2.05, 4.69) is 21.6 Å². The number of aromatic nitrogens is 4. The highest BCUT2D eigenvalue weighted by Gasteiger charge is 2.45. The second kappa shape index (κ2) is 12.0. The van der Waals surface area contributed by atoms with Crippen LogP contribution >= 0.6 is 11.3 Å². The van der Waals surface area contributed by atoms with Crippen LogP contribution in [-0.4, -0.2) is 44.6 Å². The number of halogens is 2. The van der Waals surface area contributed by atoms with Crippen molar-refractivity contribution in [2.45, 2.75) is 57.5 Å². The lowest BCUT2D eigenvalue weighted by Crippen LogP contribution is -2.22. The van der Waals surface area contributed by atoms with Gasteiger partial charge in [-0.3, -0.25) is 9.78 Å². The average Bonchev–Trinajstić information content (AvgIpc) is 3.95. The Morgan fingerprint density at radius 1 is 1.04 bits per heavy atom. The third-order valence-electron chi connectivity index (χ3n) is 10.2. The van der Waals surface area contributed by atoms with Gasteiger partial charge in [-0.15, -0.1) is 21.5 Å². The molecule has 1 amide bonds. The first-order chi connectivity index (χ1) is 24.4. The van der Waals surface area contributed by atoms with Gasteiger partial charge in [0.15, 0.2) is 11.6 Å². The summed E-state index contributed by atoms with van der Waals surface area (Å²) in [7, 11) is 1.49. The number of hydrogen-bond acceptors (Lipinski definition) is 9. The molecule has 1 N–H and O–H groups in total. The summed E-state index contributed by atoms with van der Waals surface area (Å²) in [5.74, 6) is 0.964.